The molecule has 1 aliphatic rings. The van der Waals surface area contributed by atoms with Gasteiger partial charge in [-0.05, 0) is 41.0 Å². The lowest BCUT2D eigenvalue weighted by Gasteiger charge is -2.33. The third-order valence-electron chi connectivity index (χ3n) is 5.33. The molecule has 9 heteroatoms. The number of carbonyl (C=O) groups excluding carboxylic acids is 1. The number of amides is 1. The topological polar surface area (TPSA) is 91.0 Å². The van der Waals surface area contributed by atoms with Gasteiger partial charge >= 0.3 is 0 Å². The van der Waals surface area contributed by atoms with Crippen molar-refractivity contribution in [2.24, 2.45) is 0 Å². The lowest BCUT2D eigenvalue weighted by atomic mass is 9.96. The minimum absolute atomic E-state index is 0.153. The summed E-state index contributed by atoms with van der Waals surface area (Å²) >= 11 is 0. The molecule has 0 N–H and O–H groups in total. The molecule has 1 aromatic carbocycles. The van der Waals surface area contributed by atoms with Gasteiger partial charge in [0.05, 0.1) is 18.7 Å². The summed E-state index contributed by atoms with van der Waals surface area (Å²) in [5, 5.41) is 11.2. The Kier molecular flexibility index (Phi) is 5.95. The van der Waals surface area contributed by atoms with Gasteiger partial charge in [0.1, 0.15) is 12.2 Å². The van der Waals surface area contributed by atoms with Crippen molar-refractivity contribution in [3.05, 3.63) is 54.4 Å². The number of nitrogens with zero attached hydrogens (tertiary/aromatic N) is 7. The molecule has 0 aliphatic carbocycles. The van der Waals surface area contributed by atoms with Crippen LogP contribution in [-0.2, 0) is 22.5 Å². The Morgan fingerprint density at radius 3 is 2.90 bits per heavy atom. The molecule has 0 spiro atoms. The van der Waals surface area contributed by atoms with Crippen LogP contribution in [0.4, 0.5) is 0 Å². The zero-order valence-electron chi connectivity index (χ0n) is 16.5. The van der Waals surface area contributed by atoms with Gasteiger partial charge in [-0.3, -0.25) is 4.79 Å². The Balaban J connectivity index is 1.38. The zero-order valence-corrected chi connectivity index (χ0v) is 16.5. The van der Waals surface area contributed by atoms with Crippen LogP contribution in [0.25, 0.3) is 5.69 Å². The van der Waals surface area contributed by atoms with E-state index in [2.05, 4.69) is 25.1 Å². The first kappa shape index (κ1) is 19.3. The molecule has 0 radical (unpaired) electrons. The second-order valence-electron chi connectivity index (χ2n) is 7.25. The average Bonchev–Trinajstić information content (AvgIpc) is 3.45. The number of hydrogen-bond acceptors (Lipinski definition) is 6. The van der Waals surface area contributed by atoms with E-state index in [4.69, 9.17) is 4.74 Å². The van der Waals surface area contributed by atoms with Gasteiger partial charge in [-0.2, -0.15) is 0 Å². The van der Waals surface area contributed by atoms with E-state index in [-0.39, 0.29) is 11.8 Å². The number of aromatic nitrogens is 6. The van der Waals surface area contributed by atoms with E-state index >= 15 is 0 Å². The van der Waals surface area contributed by atoms with E-state index < -0.39 is 0 Å². The average molecular weight is 395 g/mol. The standard InChI is InChI=1S/C20H25N7O2/c1-29-12-11-25-10-8-21-20(25)17-3-2-9-26(14-17)19(28)13-16-4-6-18(7-5-16)27-15-22-23-24-27/h4-8,10,15,17H,2-3,9,11-14H2,1H3. The second kappa shape index (κ2) is 8.95. The van der Waals surface area contributed by atoms with E-state index in [1.807, 2.05) is 41.6 Å². The monoisotopic (exact) mass is 395 g/mol. The molecule has 3 heterocycles. The van der Waals surface area contributed by atoms with Crippen molar-refractivity contribution in [2.75, 3.05) is 26.8 Å². The van der Waals surface area contributed by atoms with Crippen LogP contribution in [0.3, 0.4) is 0 Å². The Morgan fingerprint density at radius 1 is 1.28 bits per heavy atom. The third kappa shape index (κ3) is 4.51. The summed E-state index contributed by atoms with van der Waals surface area (Å²) in [7, 11) is 1.70. The fourth-order valence-corrected chi connectivity index (χ4v) is 3.81. The Labute approximate surface area is 169 Å². The van der Waals surface area contributed by atoms with Gasteiger partial charge in [-0.25, -0.2) is 9.67 Å². The fraction of sp³-hybridized carbons (Fsp3) is 0.450. The van der Waals surface area contributed by atoms with E-state index in [9.17, 15) is 4.79 Å². The highest BCUT2D eigenvalue weighted by molar-refractivity contribution is 5.79. The number of methoxy groups -OCH3 is 1. The van der Waals surface area contributed by atoms with Crippen molar-refractivity contribution >= 4 is 5.91 Å². The van der Waals surface area contributed by atoms with Gasteiger partial charge in [0, 0.05) is 45.1 Å². The van der Waals surface area contributed by atoms with Gasteiger partial charge in [0.2, 0.25) is 5.91 Å². The SMILES string of the molecule is COCCn1ccnc1C1CCCN(C(=O)Cc2ccc(-n3cnnn3)cc2)C1. The van der Waals surface area contributed by atoms with Gasteiger partial charge in [0.25, 0.3) is 0 Å². The molecular weight excluding hydrogens is 370 g/mol. The number of benzene rings is 1. The molecule has 1 aliphatic heterocycles. The van der Waals surface area contributed by atoms with Gasteiger partial charge in [-0.15, -0.1) is 5.10 Å². The normalized spacial score (nSPS) is 16.9. The number of ether oxygens (including phenoxy) is 1. The summed E-state index contributed by atoms with van der Waals surface area (Å²) in [6.45, 7) is 2.95. The predicted octanol–water partition coefficient (Wildman–Crippen LogP) is 1.45. The Hall–Kier alpha value is -3.07. The highest BCUT2D eigenvalue weighted by atomic mass is 16.5. The van der Waals surface area contributed by atoms with Crippen LogP contribution in [0, 0.1) is 0 Å². The number of carbonyl (C=O) groups is 1. The number of likely N-dealkylation sites (tertiary alicyclic amines) is 1. The highest BCUT2D eigenvalue weighted by Crippen LogP contribution is 2.26. The minimum atomic E-state index is 0.153. The first-order valence-electron chi connectivity index (χ1n) is 9.84. The maximum absolute atomic E-state index is 12.9. The first-order chi connectivity index (χ1) is 14.2. The van der Waals surface area contributed by atoms with Crippen LogP contribution in [0.1, 0.15) is 30.1 Å². The van der Waals surface area contributed by atoms with Crippen LogP contribution >= 0.6 is 0 Å². The minimum Gasteiger partial charge on any atom is -0.383 e. The number of imidazole rings is 1. The maximum Gasteiger partial charge on any atom is 0.227 e. The highest BCUT2D eigenvalue weighted by Gasteiger charge is 2.27. The number of tetrazole rings is 1. The van der Waals surface area contributed by atoms with Crippen molar-refractivity contribution in [2.45, 2.75) is 31.7 Å². The summed E-state index contributed by atoms with van der Waals surface area (Å²) in [5.74, 6) is 1.46. The summed E-state index contributed by atoms with van der Waals surface area (Å²) in [6, 6.07) is 7.75. The molecular formula is C20H25N7O2. The molecule has 1 unspecified atom stereocenters. The molecule has 9 nitrogen and oxygen atoms in total. The molecule has 0 bridgehead atoms. The van der Waals surface area contributed by atoms with Crippen molar-refractivity contribution in [3.8, 4) is 5.69 Å². The van der Waals surface area contributed by atoms with Crippen LogP contribution in [-0.4, -0.2) is 67.4 Å². The summed E-state index contributed by atoms with van der Waals surface area (Å²) in [5.41, 5.74) is 1.85. The lowest BCUT2D eigenvalue weighted by Crippen LogP contribution is -2.40. The molecule has 1 saturated heterocycles. The van der Waals surface area contributed by atoms with Crippen LogP contribution in [0.15, 0.2) is 43.0 Å². The van der Waals surface area contributed by atoms with Crippen LogP contribution < -0.4 is 0 Å². The van der Waals surface area contributed by atoms with E-state index in [1.54, 1.807) is 18.1 Å². The number of hydrogen-bond donors (Lipinski definition) is 0. The van der Waals surface area contributed by atoms with Gasteiger partial charge in [-0.1, -0.05) is 12.1 Å². The quantitative estimate of drug-likeness (QED) is 0.601. The largest absolute Gasteiger partial charge is 0.383 e. The molecule has 152 valence electrons. The van der Waals surface area contributed by atoms with Crippen LogP contribution in [0.5, 0.6) is 0 Å². The smallest absolute Gasteiger partial charge is 0.227 e. The van der Waals surface area contributed by atoms with Gasteiger partial charge in [0.15, 0.2) is 0 Å². The van der Waals surface area contributed by atoms with Gasteiger partial charge < -0.3 is 14.2 Å². The van der Waals surface area contributed by atoms with Crippen molar-refractivity contribution in [1.82, 2.24) is 34.7 Å². The molecule has 3 aromatic rings. The number of piperidine rings is 1. The van der Waals surface area contributed by atoms with E-state index in [0.717, 1.165) is 43.0 Å². The summed E-state index contributed by atoms with van der Waals surface area (Å²) in [6.07, 6.45) is 7.80. The fourth-order valence-electron chi connectivity index (χ4n) is 3.81. The molecule has 1 fully saturated rings. The molecule has 1 amide bonds. The second-order valence-corrected chi connectivity index (χ2v) is 7.25. The number of rotatable bonds is 7. The third-order valence-corrected chi connectivity index (χ3v) is 5.33. The van der Waals surface area contributed by atoms with Crippen molar-refractivity contribution in [3.63, 3.8) is 0 Å². The van der Waals surface area contributed by atoms with Crippen molar-refractivity contribution < 1.29 is 9.53 Å². The summed E-state index contributed by atoms with van der Waals surface area (Å²) < 4.78 is 8.92. The Morgan fingerprint density at radius 2 is 2.14 bits per heavy atom. The molecule has 4 rings (SSSR count). The molecule has 2 aromatic heterocycles. The summed E-state index contributed by atoms with van der Waals surface area (Å²) in [4.78, 5) is 19.4. The zero-order chi connectivity index (χ0) is 20.1. The Bertz CT molecular complexity index is 921. The molecule has 1 atom stereocenters. The van der Waals surface area contributed by atoms with Crippen LogP contribution in [0.2, 0.25) is 0 Å². The lowest BCUT2D eigenvalue weighted by molar-refractivity contribution is -0.131. The van der Waals surface area contributed by atoms with Crippen molar-refractivity contribution in [1.29, 1.82) is 0 Å². The predicted molar refractivity (Wildman–Crippen MR) is 106 cm³/mol. The maximum atomic E-state index is 12.9. The molecule has 29 heavy (non-hydrogen) atoms. The first-order valence-corrected chi connectivity index (χ1v) is 9.84. The van der Waals surface area contributed by atoms with E-state index in [1.165, 1.54) is 0 Å². The van der Waals surface area contributed by atoms with E-state index in [0.29, 0.717) is 19.6 Å². The molecule has 0 saturated carbocycles.